The van der Waals surface area contributed by atoms with Crippen molar-refractivity contribution < 1.29 is 5.11 Å². The first kappa shape index (κ1) is 14.3. The lowest BCUT2D eigenvalue weighted by Gasteiger charge is -2.14. The zero-order valence-corrected chi connectivity index (χ0v) is 12.3. The Morgan fingerprint density at radius 1 is 1.40 bits per heavy atom. The second-order valence-electron chi connectivity index (χ2n) is 4.98. The van der Waals surface area contributed by atoms with Gasteiger partial charge in [-0.3, -0.25) is 0 Å². The molecule has 0 aliphatic carbocycles. The number of aliphatic hydroxyl groups excluding tert-OH is 1. The molecule has 1 heterocycles. The van der Waals surface area contributed by atoms with Crippen molar-refractivity contribution in [1.29, 1.82) is 5.26 Å². The maximum Gasteiger partial charge on any atom is 0.0992 e. The van der Waals surface area contributed by atoms with Gasteiger partial charge in [-0.05, 0) is 44.9 Å². The zero-order chi connectivity index (χ0) is 14.9. The number of aliphatic hydroxyl groups is 1. The summed E-state index contributed by atoms with van der Waals surface area (Å²) in [5, 5.41) is 23.6. The molecule has 0 fully saturated rings. The van der Waals surface area contributed by atoms with E-state index in [2.05, 4.69) is 18.1 Å². The largest absolute Gasteiger partial charge is 0.389 e. The van der Waals surface area contributed by atoms with Gasteiger partial charge >= 0.3 is 0 Å². The third-order valence-corrected chi connectivity index (χ3v) is 3.63. The van der Waals surface area contributed by atoms with E-state index >= 15 is 0 Å². The molecule has 1 aromatic heterocycles. The molecule has 1 atom stereocenters. The highest BCUT2D eigenvalue weighted by Gasteiger charge is 2.16. The van der Waals surface area contributed by atoms with Crippen LogP contribution in [0, 0.1) is 25.2 Å². The Balaban J connectivity index is 2.71. The van der Waals surface area contributed by atoms with Crippen molar-refractivity contribution in [2.75, 3.05) is 0 Å². The van der Waals surface area contributed by atoms with Crippen LogP contribution in [0.2, 0.25) is 0 Å². The van der Waals surface area contributed by atoms with Gasteiger partial charge in [0.15, 0.2) is 0 Å². The molecule has 104 valence electrons. The Hall–Kier alpha value is -2.12. The maximum atomic E-state index is 9.93. The number of hydrogen-bond donors (Lipinski definition) is 1. The molecule has 0 unspecified atom stereocenters. The van der Waals surface area contributed by atoms with Gasteiger partial charge < -0.3 is 5.11 Å². The van der Waals surface area contributed by atoms with Crippen LogP contribution in [0.5, 0.6) is 0 Å². The molecule has 0 spiro atoms. The van der Waals surface area contributed by atoms with Gasteiger partial charge in [0.2, 0.25) is 0 Å². The fraction of sp³-hybridized carbons (Fsp3) is 0.375. The predicted octanol–water partition coefficient (Wildman–Crippen LogP) is 2.98. The highest BCUT2D eigenvalue weighted by molar-refractivity contribution is 5.50. The van der Waals surface area contributed by atoms with E-state index in [4.69, 9.17) is 5.26 Å². The van der Waals surface area contributed by atoms with E-state index in [0.29, 0.717) is 5.56 Å². The minimum Gasteiger partial charge on any atom is -0.389 e. The van der Waals surface area contributed by atoms with Crippen molar-refractivity contribution in [3.05, 3.63) is 46.3 Å². The summed E-state index contributed by atoms with van der Waals surface area (Å²) in [6.45, 7) is 7.82. The molecule has 4 heteroatoms. The summed E-state index contributed by atoms with van der Waals surface area (Å²) in [5.74, 6) is 0. The van der Waals surface area contributed by atoms with Crippen LogP contribution >= 0.6 is 0 Å². The fourth-order valence-electron chi connectivity index (χ4n) is 2.57. The summed E-state index contributed by atoms with van der Waals surface area (Å²) in [4.78, 5) is 0. The normalized spacial score (nSPS) is 12.2. The highest BCUT2D eigenvalue weighted by Crippen LogP contribution is 2.26. The van der Waals surface area contributed by atoms with Gasteiger partial charge in [0.05, 0.1) is 29.1 Å². The second-order valence-corrected chi connectivity index (χ2v) is 4.98. The first-order valence-electron chi connectivity index (χ1n) is 6.77. The topological polar surface area (TPSA) is 61.8 Å². The smallest absolute Gasteiger partial charge is 0.0992 e. The minimum absolute atomic E-state index is 0.565. The van der Waals surface area contributed by atoms with Crippen LogP contribution in [-0.2, 0) is 6.42 Å². The summed E-state index contributed by atoms with van der Waals surface area (Å²) < 4.78 is 1.83. The Labute approximate surface area is 119 Å². The average molecular weight is 269 g/mol. The fourth-order valence-corrected chi connectivity index (χ4v) is 2.57. The summed E-state index contributed by atoms with van der Waals surface area (Å²) in [7, 11) is 0. The lowest BCUT2D eigenvalue weighted by atomic mass is 10.0. The first-order chi connectivity index (χ1) is 9.49. The molecule has 0 saturated carbocycles. The third-order valence-electron chi connectivity index (χ3n) is 3.63. The number of benzene rings is 1. The summed E-state index contributed by atoms with van der Waals surface area (Å²) >= 11 is 0. The molecule has 0 aliphatic rings. The zero-order valence-electron chi connectivity index (χ0n) is 12.3. The van der Waals surface area contributed by atoms with Gasteiger partial charge in [0.1, 0.15) is 0 Å². The minimum atomic E-state index is -0.605. The van der Waals surface area contributed by atoms with Gasteiger partial charge in [-0.1, -0.05) is 13.0 Å². The highest BCUT2D eigenvalue weighted by atomic mass is 16.3. The Morgan fingerprint density at radius 2 is 2.10 bits per heavy atom. The van der Waals surface area contributed by atoms with E-state index in [-0.39, 0.29) is 0 Å². The van der Waals surface area contributed by atoms with E-state index in [9.17, 15) is 5.11 Å². The summed E-state index contributed by atoms with van der Waals surface area (Å²) in [6.07, 6.45) is 0.311. The van der Waals surface area contributed by atoms with Crippen LogP contribution in [0.25, 0.3) is 5.69 Å². The third kappa shape index (κ3) is 2.33. The first-order valence-corrected chi connectivity index (χ1v) is 6.77. The lowest BCUT2D eigenvalue weighted by Crippen LogP contribution is -2.06. The van der Waals surface area contributed by atoms with E-state index in [0.717, 1.165) is 29.1 Å². The molecule has 0 saturated heterocycles. The predicted molar refractivity (Wildman–Crippen MR) is 77.8 cm³/mol. The molecule has 2 aromatic rings. The quantitative estimate of drug-likeness (QED) is 0.931. The number of aromatic nitrogens is 2. The second kappa shape index (κ2) is 5.48. The van der Waals surface area contributed by atoms with Crippen LogP contribution in [0.15, 0.2) is 18.2 Å². The van der Waals surface area contributed by atoms with Crippen molar-refractivity contribution in [2.24, 2.45) is 0 Å². The van der Waals surface area contributed by atoms with Crippen molar-refractivity contribution in [3.8, 4) is 11.8 Å². The van der Waals surface area contributed by atoms with Gasteiger partial charge in [-0.2, -0.15) is 10.4 Å². The SMILES string of the molecule is CCc1c(C)nn(-c2cc(C#N)ccc2[C@@H](C)O)c1C. The number of rotatable bonds is 3. The van der Waals surface area contributed by atoms with E-state index in [1.165, 1.54) is 5.56 Å². The van der Waals surface area contributed by atoms with E-state index < -0.39 is 6.10 Å². The lowest BCUT2D eigenvalue weighted by molar-refractivity contribution is 0.199. The van der Waals surface area contributed by atoms with Gasteiger partial charge in [0, 0.05) is 11.3 Å². The molecule has 2 rings (SSSR count). The number of aryl methyl sites for hydroxylation is 1. The Bertz CT molecular complexity index is 678. The number of hydrogen-bond acceptors (Lipinski definition) is 3. The molecule has 0 bridgehead atoms. The average Bonchev–Trinajstić information content (AvgIpc) is 2.72. The van der Waals surface area contributed by atoms with Crippen molar-refractivity contribution in [1.82, 2.24) is 9.78 Å². The van der Waals surface area contributed by atoms with Crippen LogP contribution in [0.3, 0.4) is 0 Å². The van der Waals surface area contributed by atoms with Crippen molar-refractivity contribution in [2.45, 2.75) is 40.2 Å². The van der Waals surface area contributed by atoms with Crippen LogP contribution in [0.1, 0.15) is 48.0 Å². The standard InChI is InChI=1S/C16H19N3O/c1-5-14-10(2)18-19(11(14)3)16-8-13(9-17)6-7-15(16)12(4)20/h6-8,12,20H,5H2,1-4H3/t12-/m1/s1. The Morgan fingerprint density at radius 3 is 2.60 bits per heavy atom. The molecular weight excluding hydrogens is 250 g/mol. The summed E-state index contributed by atoms with van der Waals surface area (Å²) in [5.41, 5.74) is 5.38. The van der Waals surface area contributed by atoms with Crippen LogP contribution in [-0.4, -0.2) is 14.9 Å². The maximum absolute atomic E-state index is 9.93. The van der Waals surface area contributed by atoms with Gasteiger partial charge in [0.25, 0.3) is 0 Å². The van der Waals surface area contributed by atoms with E-state index in [1.807, 2.05) is 18.5 Å². The van der Waals surface area contributed by atoms with Crippen LogP contribution in [0.4, 0.5) is 0 Å². The van der Waals surface area contributed by atoms with Crippen molar-refractivity contribution >= 4 is 0 Å². The molecule has 1 aromatic carbocycles. The molecule has 0 aliphatic heterocycles. The van der Waals surface area contributed by atoms with E-state index in [1.54, 1.807) is 25.1 Å². The molecule has 0 amide bonds. The van der Waals surface area contributed by atoms with Crippen LogP contribution < -0.4 is 0 Å². The Kier molecular flexibility index (Phi) is 3.91. The van der Waals surface area contributed by atoms with Gasteiger partial charge in [-0.15, -0.1) is 0 Å². The number of nitrogens with zero attached hydrogens (tertiary/aromatic N) is 3. The van der Waals surface area contributed by atoms with Crippen molar-refractivity contribution in [3.63, 3.8) is 0 Å². The number of nitriles is 1. The molecular formula is C16H19N3O. The monoisotopic (exact) mass is 269 g/mol. The molecule has 4 nitrogen and oxygen atoms in total. The summed E-state index contributed by atoms with van der Waals surface area (Å²) in [6, 6.07) is 7.43. The van der Waals surface area contributed by atoms with Gasteiger partial charge in [-0.25, -0.2) is 4.68 Å². The molecule has 1 N–H and O–H groups in total. The molecule has 20 heavy (non-hydrogen) atoms. The molecule has 0 radical (unpaired) electrons.